The van der Waals surface area contributed by atoms with Gasteiger partial charge in [-0.15, -0.1) is 0 Å². The van der Waals surface area contributed by atoms with Gasteiger partial charge in [-0.1, -0.05) is 6.07 Å². The van der Waals surface area contributed by atoms with E-state index in [0.717, 1.165) is 0 Å². The first-order chi connectivity index (χ1) is 15.0. The zero-order valence-corrected chi connectivity index (χ0v) is 17.8. The lowest BCUT2D eigenvalue weighted by Gasteiger charge is -2.12. The highest BCUT2D eigenvalue weighted by Gasteiger charge is 2.15. The molecule has 0 saturated carbocycles. The maximum atomic E-state index is 12.5. The summed E-state index contributed by atoms with van der Waals surface area (Å²) in [6.07, 6.45) is -0.108. The van der Waals surface area contributed by atoms with Gasteiger partial charge in [0.25, 0.3) is 0 Å². The number of nitrogens with one attached hydrogen (secondary N) is 1. The second-order valence-corrected chi connectivity index (χ2v) is 6.54. The summed E-state index contributed by atoms with van der Waals surface area (Å²) in [6.45, 7) is 4.78. The zero-order valence-electron chi connectivity index (χ0n) is 17.8. The highest BCUT2D eigenvalue weighted by atomic mass is 16.6. The van der Waals surface area contributed by atoms with Gasteiger partial charge in [0.05, 0.1) is 6.42 Å². The predicted molar refractivity (Wildman–Crippen MR) is 110 cm³/mol. The third-order valence-electron chi connectivity index (χ3n) is 3.62. The standard InChI is InChI=1S/C22H21NO9/c1-12(24)29-18-7-5-16(9-20(18)31-14(3)26)10-22(28)23-17-6-8-19(30-13(2)25)21(11-17)32-15(4)27/h5-9,11H,10H2,1-4H3,(H,23,28). The minimum atomic E-state index is -0.632. The van der Waals surface area contributed by atoms with Gasteiger partial charge in [0.2, 0.25) is 5.91 Å². The Hall–Kier alpha value is -4.21. The summed E-state index contributed by atoms with van der Waals surface area (Å²) < 4.78 is 20.0. The normalized spacial score (nSPS) is 10.0. The lowest BCUT2D eigenvalue weighted by Crippen LogP contribution is -2.15. The van der Waals surface area contributed by atoms with Crippen LogP contribution in [0.15, 0.2) is 36.4 Å². The molecule has 0 atom stereocenters. The first-order valence-corrected chi connectivity index (χ1v) is 9.34. The summed E-state index contributed by atoms with van der Waals surface area (Å²) in [7, 11) is 0. The molecule has 10 nitrogen and oxygen atoms in total. The lowest BCUT2D eigenvalue weighted by atomic mass is 10.1. The molecule has 1 N–H and O–H groups in total. The molecule has 0 saturated heterocycles. The van der Waals surface area contributed by atoms with Crippen LogP contribution in [0.3, 0.4) is 0 Å². The van der Waals surface area contributed by atoms with Gasteiger partial charge in [0.15, 0.2) is 23.0 Å². The predicted octanol–water partition coefficient (Wildman–Crippen LogP) is 2.57. The maximum Gasteiger partial charge on any atom is 0.308 e. The third kappa shape index (κ3) is 7.56. The Morgan fingerprint density at radius 1 is 0.625 bits per heavy atom. The quantitative estimate of drug-likeness (QED) is 0.506. The van der Waals surface area contributed by atoms with Gasteiger partial charge in [-0.05, 0) is 29.8 Å². The van der Waals surface area contributed by atoms with E-state index < -0.39 is 29.8 Å². The topological polar surface area (TPSA) is 134 Å². The number of esters is 4. The molecule has 2 aromatic carbocycles. The highest BCUT2D eigenvalue weighted by Crippen LogP contribution is 2.32. The molecule has 2 rings (SSSR count). The molecule has 0 radical (unpaired) electrons. The van der Waals surface area contributed by atoms with Crippen molar-refractivity contribution in [1.29, 1.82) is 0 Å². The number of amides is 1. The largest absolute Gasteiger partial charge is 0.423 e. The van der Waals surface area contributed by atoms with E-state index in [1.165, 1.54) is 58.0 Å². The number of rotatable bonds is 7. The fourth-order valence-electron chi connectivity index (χ4n) is 2.59. The van der Waals surface area contributed by atoms with Crippen molar-refractivity contribution in [3.63, 3.8) is 0 Å². The summed E-state index contributed by atoms with van der Waals surface area (Å²) in [5.74, 6) is -2.84. The van der Waals surface area contributed by atoms with E-state index in [4.69, 9.17) is 18.9 Å². The first kappa shape index (κ1) is 24.1. The molecule has 32 heavy (non-hydrogen) atoms. The SMILES string of the molecule is CC(=O)Oc1ccc(CC(=O)Nc2ccc(OC(C)=O)c(OC(C)=O)c2)cc1OC(C)=O. The summed E-state index contributed by atoms with van der Waals surface area (Å²) >= 11 is 0. The van der Waals surface area contributed by atoms with E-state index in [9.17, 15) is 24.0 Å². The number of hydrogen-bond acceptors (Lipinski definition) is 9. The van der Waals surface area contributed by atoms with Gasteiger partial charge in [-0.25, -0.2) is 0 Å². The molecule has 0 aliphatic rings. The smallest absolute Gasteiger partial charge is 0.308 e. The van der Waals surface area contributed by atoms with Crippen LogP contribution in [0, 0.1) is 0 Å². The van der Waals surface area contributed by atoms with E-state index in [2.05, 4.69) is 5.32 Å². The molecule has 168 valence electrons. The average molecular weight is 443 g/mol. The zero-order chi connectivity index (χ0) is 23.8. The Kier molecular flexibility index (Phi) is 8.05. The fourth-order valence-corrected chi connectivity index (χ4v) is 2.59. The van der Waals surface area contributed by atoms with E-state index >= 15 is 0 Å². The van der Waals surface area contributed by atoms with E-state index in [1.807, 2.05) is 0 Å². The van der Waals surface area contributed by atoms with Crippen LogP contribution in [0.2, 0.25) is 0 Å². The summed E-state index contributed by atoms with van der Waals surface area (Å²) in [5, 5.41) is 2.63. The second kappa shape index (κ2) is 10.7. The number of carbonyl (C=O) groups is 5. The molecule has 0 aliphatic heterocycles. The molecule has 10 heteroatoms. The molecular weight excluding hydrogens is 422 g/mol. The van der Waals surface area contributed by atoms with Crippen LogP contribution >= 0.6 is 0 Å². The molecular formula is C22H21NO9. The van der Waals surface area contributed by atoms with Crippen molar-refractivity contribution in [2.24, 2.45) is 0 Å². The summed E-state index contributed by atoms with van der Waals surface area (Å²) in [5.41, 5.74) is 0.769. The second-order valence-electron chi connectivity index (χ2n) is 6.54. The molecule has 0 heterocycles. The first-order valence-electron chi connectivity index (χ1n) is 9.34. The van der Waals surface area contributed by atoms with Crippen LogP contribution in [0.1, 0.15) is 33.3 Å². The number of anilines is 1. The minimum absolute atomic E-state index is 0.000814. The van der Waals surface area contributed by atoms with Crippen LogP contribution in [0.4, 0.5) is 5.69 Å². The molecule has 1 amide bonds. The van der Waals surface area contributed by atoms with E-state index in [0.29, 0.717) is 11.3 Å². The van der Waals surface area contributed by atoms with Gasteiger partial charge in [-0.3, -0.25) is 24.0 Å². The summed E-state index contributed by atoms with van der Waals surface area (Å²) in [4.78, 5) is 57.5. The van der Waals surface area contributed by atoms with Crippen molar-refractivity contribution in [2.45, 2.75) is 34.1 Å². The highest BCUT2D eigenvalue weighted by molar-refractivity contribution is 5.93. The van der Waals surface area contributed by atoms with Gasteiger partial charge in [-0.2, -0.15) is 0 Å². The number of ether oxygens (including phenoxy) is 4. The fraction of sp³-hybridized carbons (Fsp3) is 0.227. The molecule has 0 unspecified atom stereocenters. The number of benzene rings is 2. The lowest BCUT2D eigenvalue weighted by molar-refractivity contribution is -0.134. The van der Waals surface area contributed by atoms with Gasteiger partial charge >= 0.3 is 23.9 Å². The monoisotopic (exact) mass is 443 g/mol. The van der Waals surface area contributed by atoms with Crippen molar-refractivity contribution >= 4 is 35.5 Å². The molecule has 0 spiro atoms. The van der Waals surface area contributed by atoms with Crippen LogP contribution in [0.25, 0.3) is 0 Å². The molecule has 0 aliphatic carbocycles. The van der Waals surface area contributed by atoms with Crippen LogP contribution in [0.5, 0.6) is 23.0 Å². The van der Waals surface area contributed by atoms with Crippen LogP contribution < -0.4 is 24.3 Å². The molecule has 2 aromatic rings. The van der Waals surface area contributed by atoms with E-state index in [1.54, 1.807) is 6.07 Å². The van der Waals surface area contributed by atoms with E-state index in [-0.39, 0.29) is 29.4 Å². The molecule has 0 aromatic heterocycles. The number of carbonyl (C=O) groups excluding carboxylic acids is 5. The Bertz CT molecular complexity index is 992. The van der Waals surface area contributed by atoms with Crippen LogP contribution in [-0.2, 0) is 30.4 Å². The third-order valence-corrected chi connectivity index (χ3v) is 3.62. The Morgan fingerprint density at radius 2 is 1.06 bits per heavy atom. The Morgan fingerprint density at radius 3 is 1.56 bits per heavy atom. The minimum Gasteiger partial charge on any atom is -0.423 e. The van der Waals surface area contributed by atoms with Gasteiger partial charge < -0.3 is 24.3 Å². The van der Waals surface area contributed by atoms with Crippen LogP contribution in [-0.4, -0.2) is 29.8 Å². The maximum absolute atomic E-state index is 12.5. The van der Waals surface area contributed by atoms with Crippen molar-refractivity contribution in [3.05, 3.63) is 42.0 Å². The number of hydrogen-bond donors (Lipinski definition) is 1. The van der Waals surface area contributed by atoms with Crippen molar-refractivity contribution < 1.29 is 42.9 Å². The average Bonchev–Trinajstić information content (AvgIpc) is 2.64. The van der Waals surface area contributed by atoms with Crippen molar-refractivity contribution in [1.82, 2.24) is 0 Å². The van der Waals surface area contributed by atoms with Gasteiger partial charge in [0, 0.05) is 39.4 Å². The van der Waals surface area contributed by atoms with Gasteiger partial charge in [0.1, 0.15) is 0 Å². The summed E-state index contributed by atoms with van der Waals surface area (Å²) in [6, 6.07) is 8.55. The Labute approximate surface area is 183 Å². The van der Waals surface area contributed by atoms with Crippen molar-refractivity contribution in [3.8, 4) is 23.0 Å². The van der Waals surface area contributed by atoms with Crippen molar-refractivity contribution in [2.75, 3.05) is 5.32 Å². The molecule has 0 bridgehead atoms. The Balaban J connectivity index is 2.19. The molecule has 0 fully saturated rings.